The summed E-state index contributed by atoms with van der Waals surface area (Å²) in [5.41, 5.74) is 1.34. The van der Waals surface area contributed by atoms with Crippen LogP contribution in [0.2, 0.25) is 0 Å². The van der Waals surface area contributed by atoms with Crippen LogP contribution < -0.4 is 5.32 Å². The third-order valence-corrected chi connectivity index (χ3v) is 3.21. The van der Waals surface area contributed by atoms with Gasteiger partial charge in [-0.05, 0) is 18.9 Å². The largest absolute Gasteiger partial charge is 0.349 e. The maximum atomic E-state index is 4.54. The van der Waals surface area contributed by atoms with Crippen LogP contribution in [0.25, 0.3) is 0 Å². The van der Waals surface area contributed by atoms with Gasteiger partial charge in [0.25, 0.3) is 0 Å². The first-order chi connectivity index (χ1) is 9.56. The third-order valence-electron chi connectivity index (χ3n) is 3.21. The van der Waals surface area contributed by atoms with Crippen molar-refractivity contribution >= 4 is 11.9 Å². The van der Waals surface area contributed by atoms with Crippen molar-refractivity contribution < 1.29 is 0 Å². The molecule has 1 atom stereocenters. The molecule has 1 unspecified atom stereocenters. The summed E-state index contributed by atoms with van der Waals surface area (Å²) in [7, 11) is 6.01. The fourth-order valence-corrected chi connectivity index (χ4v) is 2.02. The van der Waals surface area contributed by atoms with E-state index in [0.717, 1.165) is 24.9 Å². The third kappa shape index (κ3) is 3.73. The highest BCUT2D eigenvalue weighted by molar-refractivity contribution is 5.99. The first-order valence-electron chi connectivity index (χ1n) is 6.91. The maximum absolute atomic E-state index is 4.54. The average molecular weight is 273 g/mol. The second-order valence-corrected chi connectivity index (χ2v) is 5.21. The van der Waals surface area contributed by atoms with E-state index in [1.807, 2.05) is 32.0 Å². The predicted molar refractivity (Wildman–Crippen MR) is 83.9 cm³/mol. The van der Waals surface area contributed by atoms with E-state index < -0.39 is 0 Å². The lowest BCUT2D eigenvalue weighted by Crippen LogP contribution is -2.50. The summed E-state index contributed by atoms with van der Waals surface area (Å²) in [5, 5.41) is 3.27. The molecule has 108 valence electrons. The zero-order valence-corrected chi connectivity index (χ0v) is 12.7. The lowest BCUT2D eigenvalue weighted by molar-refractivity contribution is 0.476. The number of hydrogen-bond donors (Lipinski definition) is 1. The highest BCUT2D eigenvalue weighted by Crippen LogP contribution is 2.05. The van der Waals surface area contributed by atoms with Gasteiger partial charge in [0.05, 0.1) is 0 Å². The number of nitrogens with zero attached hydrogens (tertiary/aromatic N) is 4. The van der Waals surface area contributed by atoms with E-state index in [1.165, 1.54) is 5.56 Å². The van der Waals surface area contributed by atoms with Crippen molar-refractivity contribution in [2.45, 2.75) is 19.5 Å². The van der Waals surface area contributed by atoms with Gasteiger partial charge in [-0.15, -0.1) is 0 Å². The van der Waals surface area contributed by atoms with Gasteiger partial charge in [0.15, 0.2) is 0 Å². The van der Waals surface area contributed by atoms with Gasteiger partial charge in [0.1, 0.15) is 6.17 Å². The smallest absolute Gasteiger partial charge is 0.202 e. The highest BCUT2D eigenvalue weighted by Gasteiger charge is 2.17. The Morgan fingerprint density at radius 1 is 1.05 bits per heavy atom. The van der Waals surface area contributed by atoms with Gasteiger partial charge in [0.2, 0.25) is 11.9 Å². The minimum absolute atomic E-state index is 0.0391. The molecule has 0 bridgehead atoms. The van der Waals surface area contributed by atoms with Crippen molar-refractivity contribution in [3.63, 3.8) is 0 Å². The van der Waals surface area contributed by atoms with Crippen molar-refractivity contribution in [1.82, 2.24) is 15.1 Å². The Bertz CT molecular complexity index is 492. The van der Waals surface area contributed by atoms with Crippen LogP contribution >= 0.6 is 0 Å². The molecule has 0 aliphatic carbocycles. The maximum Gasteiger partial charge on any atom is 0.202 e. The van der Waals surface area contributed by atoms with Crippen LogP contribution in [0.3, 0.4) is 0 Å². The average Bonchev–Trinajstić information content (AvgIpc) is 2.45. The number of guanidine groups is 2. The van der Waals surface area contributed by atoms with E-state index in [2.05, 4.69) is 51.5 Å². The zero-order valence-electron chi connectivity index (χ0n) is 12.7. The quantitative estimate of drug-likeness (QED) is 0.905. The summed E-state index contributed by atoms with van der Waals surface area (Å²) in [6, 6.07) is 10.5. The van der Waals surface area contributed by atoms with E-state index in [0.29, 0.717) is 0 Å². The molecule has 1 heterocycles. The Morgan fingerprint density at radius 3 is 2.35 bits per heavy atom. The Kier molecular flexibility index (Phi) is 4.61. The van der Waals surface area contributed by atoms with Crippen LogP contribution in [0.1, 0.15) is 12.5 Å². The summed E-state index contributed by atoms with van der Waals surface area (Å²) < 4.78 is 0. The molecule has 0 saturated heterocycles. The molecule has 0 amide bonds. The van der Waals surface area contributed by atoms with Crippen LogP contribution in [-0.2, 0) is 6.42 Å². The van der Waals surface area contributed by atoms with E-state index in [1.54, 1.807) is 0 Å². The minimum Gasteiger partial charge on any atom is -0.349 e. The van der Waals surface area contributed by atoms with E-state index in [-0.39, 0.29) is 6.17 Å². The molecule has 1 aliphatic heterocycles. The molecule has 2 rings (SSSR count). The topological polar surface area (TPSA) is 43.2 Å². The van der Waals surface area contributed by atoms with Crippen molar-refractivity contribution in [1.29, 1.82) is 0 Å². The number of rotatable bonds is 3. The number of aliphatic imine (C=N–C) groups is 2. The van der Waals surface area contributed by atoms with Crippen LogP contribution in [0.15, 0.2) is 40.3 Å². The van der Waals surface area contributed by atoms with Gasteiger partial charge in [-0.2, -0.15) is 0 Å². The summed E-state index contributed by atoms with van der Waals surface area (Å²) in [4.78, 5) is 13.1. The Labute approximate surface area is 121 Å². The van der Waals surface area contributed by atoms with E-state index in [9.17, 15) is 0 Å². The Hall–Kier alpha value is -2.04. The molecular formula is C15H23N5. The molecule has 0 aromatic heterocycles. The highest BCUT2D eigenvalue weighted by atomic mass is 15.4. The van der Waals surface area contributed by atoms with Crippen molar-refractivity contribution in [2.24, 2.45) is 9.98 Å². The first kappa shape index (κ1) is 14.4. The summed E-state index contributed by atoms with van der Waals surface area (Å²) >= 11 is 0. The molecule has 0 saturated carbocycles. The SMILES string of the molecule is CC1N=C(N(C)C)NC(N(C)CCc2ccccc2)=N1. The predicted octanol–water partition coefficient (Wildman–Crippen LogP) is 1.38. The second kappa shape index (κ2) is 6.41. The Balaban J connectivity index is 1.94. The molecule has 5 heteroatoms. The number of hydrogen-bond acceptors (Lipinski definition) is 5. The first-order valence-corrected chi connectivity index (χ1v) is 6.91. The lowest BCUT2D eigenvalue weighted by atomic mass is 10.1. The minimum atomic E-state index is -0.0391. The van der Waals surface area contributed by atoms with E-state index in [4.69, 9.17) is 0 Å². The van der Waals surface area contributed by atoms with Gasteiger partial charge in [-0.25, -0.2) is 9.98 Å². The van der Waals surface area contributed by atoms with Gasteiger partial charge < -0.3 is 9.80 Å². The van der Waals surface area contributed by atoms with Gasteiger partial charge >= 0.3 is 0 Å². The second-order valence-electron chi connectivity index (χ2n) is 5.21. The molecule has 0 fully saturated rings. The van der Waals surface area contributed by atoms with Crippen molar-refractivity contribution in [2.75, 3.05) is 27.7 Å². The number of nitrogens with one attached hydrogen (secondary N) is 1. The monoisotopic (exact) mass is 273 g/mol. The fraction of sp³-hybridized carbons (Fsp3) is 0.467. The molecular weight excluding hydrogens is 250 g/mol. The summed E-state index contributed by atoms with van der Waals surface area (Å²) in [6.45, 7) is 2.92. The molecule has 1 aromatic rings. The van der Waals surface area contributed by atoms with Gasteiger partial charge in [-0.1, -0.05) is 30.3 Å². The fourth-order valence-electron chi connectivity index (χ4n) is 2.02. The van der Waals surface area contributed by atoms with Crippen LogP contribution in [0.5, 0.6) is 0 Å². The molecule has 1 aliphatic rings. The number of benzene rings is 1. The summed E-state index contributed by atoms with van der Waals surface area (Å²) in [5.74, 6) is 1.74. The summed E-state index contributed by atoms with van der Waals surface area (Å²) in [6.07, 6.45) is 0.962. The van der Waals surface area contributed by atoms with Crippen LogP contribution in [0.4, 0.5) is 0 Å². The van der Waals surface area contributed by atoms with Crippen LogP contribution in [-0.4, -0.2) is 55.6 Å². The zero-order chi connectivity index (χ0) is 14.5. The van der Waals surface area contributed by atoms with Crippen molar-refractivity contribution in [3.8, 4) is 0 Å². The van der Waals surface area contributed by atoms with Gasteiger partial charge in [-0.3, -0.25) is 5.32 Å². The molecule has 0 spiro atoms. The van der Waals surface area contributed by atoms with Gasteiger partial charge in [0, 0.05) is 27.7 Å². The lowest BCUT2D eigenvalue weighted by Gasteiger charge is -2.29. The molecule has 20 heavy (non-hydrogen) atoms. The standard InChI is InChI=1S/C15H23N5/c1-12-16-14(19(2)3)18-15(17-12)20(4)11-10-13-8-6-5-7-9-13/h5-9,12H,10-11H2,1-4H3,(H,16,17,18). The van der Waals surface area contributed by atoms with E-state index >= 15 is 0 Å². The normalized spacial score (nSPS) is 17.9. The molecule has 0 radical (unpaired) electrons. The number of likely N-dealkylation sites (N-methyl/N-ethyl adjacent to an activating group) is 1. The molecule has 1 N–H and O–H groups in total. The molecule has 5 nitrogen and oxygen atoms in total. The van der Waals surface area contributed by atoms with Crippen molar-refractivity contribution in [3.05, 3.63) is 35.9 Å². The Morgan fingerprint density at radius 2 is 1.70 bits per heavy atom. The molecule has 1 aromatic carbocycles. The van der Waals surface area contributed by atoms with Crippen LogP contribution in [0, 0.1) is 0 Å².